The van der Waals surface area contributed by atoms with E-state index < -0.39 is 5.60 Å². The zero-order chi connectivity index (χ0) is 10.6. The summed E-state index contributed by atoms with van der Waals surface area (Å²) in [5, 5.41) is 17.0. The Labute approximate surface area is 84.9 Å². The van der Waals surface area contributed by atoms with Gasteiger partial charge in [-0.25, -0.2) is 0 Å². The molecule has 0 amide bonds. The first-order chi connectivity index (χ1) is 6.50. The van der Waals surface area contributed by atoms with Crippen molar-refractivity contribution in [2.24, 2.45) is 0 Å². The number of nitrogens with zero attached hydrogens (tertiary/aromatic N) is 2. The Balaban J connectivity index is 2.22. The molecule has 0 bridgehead atoms. The molecule has 0 saturated heterocycles. The van der Waals surface area contributed by atoms with Crippen LogP contribution in [0, 0.1) is 0 Å². The Hall–Kier alpha value is -0.870. The van der Waals surface area contributed by atoms with Crippen LogP contribution in [0.1, 0.15) is 20.8 Å². The number of hydrogen-bond donors (Lipinski definition) is 2. The highest BCUT2D eigenvalue weighted by atomic mass is 16.3. The molecule has 0 spiro atoms. The van der Waals surface area contributed by atoms with Gasteiger partial charge in [0.15, 0.2) is 0 Å². The quantitative estimate of drug-likeness (QED) is 0.728. The van der Waals surface area contributed by atoms with E-state index in [9.17, 15) is 5.11 Å². The van der Waals surface area contributed by atoms with Crippen LogP contribution in [0.25, 0.3) is 0 Å². The maximum Gasteiger partial charge on any atom is 0.0741 e. The molecule has 80 valence electrons. The molecule has 0 radical (unpaired) electrons. The summed E-state index contributed by atoms with van der Waals surface area (Å²) in [5.41, 5.74) is -0.676. The van der Waals surface area contributed by atoms with E-state index in [0.717, 1.165) is 13.1 Å². The van der Waals surface area contributed by atoms with Crippen LogP contribution in [-0.2, 0) is 6.54 Å². The Morgan fingerprint density at radius 2 is 2.29 bits per heavy atom. The third-order valence-electron chi connectivity index (χ3n) is 2.41. The van der Waals surface area contributed by atoms with Crippen molar-refractivity contribution in [3.8, 4) is 0 Å². The lowest BCUT2D eigenvalue weighted by atomic mass is 10.0. The standard InChI is InChI=1S/C10H19N3O/c1-9(10(2,3)14)11-6-8-13-7-4-5-12-13/h4-5,7,9,11,14H,6,8H2,1-3H3. The fourth-order valence-electron chi connectivity index (χ4n) is 1.08. The van der Waals surface area contributed by atoms with Gasteiger partial charge in [-0.05, 0) is 26.8 Å². The molecule has 0 aliphatic heterocycles. The minimum Gasteiger partial charge on any atom is -0.389 e. The molecule has 2 N–H and O–H groups in total. The van der Waals surface area contributed by atoms with E-state index in [2.05, 4.69) is 10.4 Å². The molecule has 4 nitrogen and oxygen atoms in total. The van der Waals surface area contributed by atoms with Crippen LogP contribution in [0.5, 0.6) is 0 Å². The van der Waals surface area contributed by atoms with Gasteiger partial charge in [0.05, 0.1) is 12.1 Å². The van der Waals surface area contributed by atoms with Crippen LogP contribution >= 0.6 is 0 Å². The van der Waals surface area contributed by atoms with Gasteiger partial charge in [-0.3, -0.25) is 4.68 Å². The van der Waals surface area contributed by atoms with Crippen molar-refractivity contribution in [3.63, 3.8) is 0 Å². The summed E-state index contributed by atoms with van der Waals surface area (Å²) in [6, 6.07) is 1.98. The van der Waals surface area contributed by atoms with Gasteiger partial charge in [-0.1, -0.05) is 0 Å². The maximum atomic E-state index is 9.66. The first-order valence-electron chi connectivity index (χ1n) is 4.93. The highest BCUT2D eigenvalue weighted by Gasteiger charge is 2.20. The lowest BCUT2D eigenvalue weighted by Gasteiger charge is -2.26. The lowest BCUT2D eigenvalue weighted by Crippen LogP contribution is -2.45. The molecule has 1 aromatic heterocycles. The van der Waals surface area contributed by atoms with Crippen LogP contribution in [0.15, 0.2) is 18.5 Å². The Morgan fingerprint density at radius 1 is 1.57 bits per heavy atom. The fourth-order valence-corrected chi connectivity index (χ4v) is 1.08. The van der Waals surface area contributed by atoms with Gasteiger partial charge in [0, 0.05) is 25.0 Å². The van der Waals surface area contributed by atoms with Gasteiger partial charge < -0.3 is 10.4 Å². The van der Waals surface area contributed by atoms with Crippen molar-refractivity contribution >= 4 is 0 Å². The van der Waals surface area contributed by atoms with Crippen LogP contribution in [0.3, 0.4) is 0 Å². The van der Waals surface area contributed by atoms with Gasteiger partial charge in [-0.15, -0.1) is 0 Å². The highest BCUT2D eigenvalue weighted by molar-refractivity contribution is 4.80. The zero-order valence-corrected chi connectivity index (χ0v) is 9.07. The summed E-state index contributed by atoms with van der Waals surface area (Å²) in [7, 11) is 0. The average Bonchev–Trinajstić information content (AvgIpc) is 2.55. The zero-order valence-electron chi connectivity index (χ0n) is 9.07. The number of hydrogen-bond acceptors (Lipinski definition) is 3. The van der Waals surface area contributed by atoms with Crippen molar-refractivity contribution in [2.75, 3.05) is 6.54 Å². The second kappa shape index (κ2) is 4.57. The van der Waals surface area contributed by atoms with E-state index in [0.29, 0.717) is 0 Å². The van der Waals surface area contributed by atoms with E-state index in [1.165, 1.54) is 0 Å². The lowest BCUT2D eigenvalue weighted by molar-refractivity contribution is 0.0441. The van der Waals surface area contributed by atoms with E-state index in [-0.39, 0.29) is 6.04 Å². The molecule has 1 atom stereocenters. The van der Waals surface area contributed by atoms with Gasteiger partial charge in [-0.2, -0.15) is 5.10 Å². The molecule has 0 aromatic carbocycles. The summed E-state index contributed by atoms with van der Waals surface area (Å²) < 4.78 is 1.87. The molecule has 0 saturated carbocycles. The molecule has 1 heterocycles. The molecule has 14 heavy (non-hydrogen) atoms. The first-order valence-corrected chi connectivity index (χ1v) is 4.93. The fraction of sp³-hybridized carbons (Fsp3) is 0.700. The summed E-state index contributed by atoms with van der Waals surface area (Å²) in [6.45, 7) is 7.22. The highest BCUT2D eigenvalue weighted by Crippen LogP contribution is 2.06. The van der Waals surface area contributed by atoms with Gasteiger partial charge >= 0.3 is 0 Å². The van der Waals surface area contributed by atoms with E-state index in [4.69, 9.17) is 0 Å². The second-order valence-electron chi connectivity index (χ2n) is 4.10. The van der Waals surface area contributed by atoms with Crippen LogP contribution in [0.4, 0.5) is 0 Å². The van der Waals surface area contributed by atoms with Gasteiger partial charge in [0.2, 0.25) is 0 Å². The van der Waals surface area contributed by atoms with Crippen molar-refractivity contribution in [1.29, 1.82) is 0 Å². The molecule has 1 unspecified atom stereocenters. The minimum atomic E-state index is -0.676. The SMILES string of the molecule is CC(NCCn1cccn1)C(C)(C)O. The monoisotopic (exact) mass is 197 g/mol. The number of aromatic nitrogens is 2. The number of aliphatic hydroxyl groups is 1. The molecule has 0 aliphatic rings. The van der Waals surface area contributed by atoms with Gasteiger partial charge in [0.1, 0.15) is 0 Å². The van der Waals surface area contributed by atoms with Crippen LogP contribution in [0.2, 0.25) is 0 Å². The van der Waals surface area contributed by atoms with Crippen LogP contribution < -0.4 is 5.32 Å². The number of rotatable bonds is 5. The third kappa shape index (κ3) is 3.47. The van der Waals surface area contributed by atoms with Crippen molar-refractivity contribution < 1.29 is 5.11 Å². The van der Waals surface area contributed by atoms with Crippen molar-refractivity contribution in [2.45, 2.75) is 39.0 Å². The first kappa shape index (κ1) is 11.2. The third-order valence-corrected chi connectivity index (χ3v) is 2.41. The van der Waals surface area contributed by atoms with E-state index in [1.807, 2.05) is 23.9 Å². The molecule has 0 fully saturated rings. The predicted octanol–water partition coefficient (Wildman–Crippen LogP) is 0.632. The minimum absolute atomic E-state index is 0.0815. The smallest absolute Gasteiger partial charge is 0.0741 e. The maximum absolute atomic E-state index is 9.66. The van der Waals surface area contributed by atoms with Crippen molar-refractivity contribution in [3.05, 3.63) is 18.5 Å². The molecular weight excluding hydrogens is 178 g/mol. The second-order valence-corrected chi connectivity index (χ2v) is 4.10. The normalized spacial score (nSPS) is 14.3. The number of nitrogens with one attached hydrogen (secondary N) is 1. The molecule has 1 rings (SSSR count). The average molecular weight is 197 g/mol. The summed E-state index contributed by atoms with van der Waals surface area (Å²) in [5.74, 6) is 0. The topological polar surface area (TPSA) is 50.1 Å². The van der Waals surface area contributed by atoms with E-state index in [1.54, 1.807) is 20.0 Å². The molecular formula is C10H19N3O. The Bertz CT molecular complexity index is 251. The van der Waals surface area contributed by atoms with Gasteiger partial charge in [0.25, 0.3) is 0 Å². The van der Waals surface area contributed by atoms with E-state index >= 15 is 0 Å². The molecule has 0 aliphatic carbocycles. The predicted molar refractivity (Wildman–Crippen MR) is 56.0 cm³/mol. The molecule has 4 heteroatoms. The summed E-state index contributed by atoms with van der Waals surface area (Å²) in [4.78, 5) is 0. The Kier molecular flexibility index (Phi) is 3.66. The molecule has 1 aromatic rings. The Morgan fingerprint density at radius 3 is 2.79 bits per heavy atom. The largest absolute Gasteiger partial charge is 0.389 e. The summed E-state index contributed by atoms with van der Waals surface area (Å²) >= 11 is 0. The van der Waals surface area contributed by atoms with Crippen LogP contribution in [-0.4, -0.2) is 33.1 Å². The van der Waals surface area contributed by atoms with Crippen molar-refractivity contribution in [1.82, 2.24) is 15.1 Å². The summed E-state index contributed by atoms with van der Waals surface area (Å²) in [6.07, 6.45) is 3.69.